The Balaban J connectivity index is 1.51. The highest BCUT2D eigenvalue weighted by molar-refractivity contribution is 5.72. The van der Waals surface area contributed by atoms with Crippen molar-refractivity contribution in [3.05, 3.63) is 23.8 Å². The fourth-order valence-electron chi connectivity index (χ4n) is 4.13. The first-order valence-corrected chi connectivity index (χ1v) is 9.98. The van der Waals surface area contributed by atoms with Crippen LogP contribution < -0.4 is 14.8 Å². The molecule has 0 aliphatic carbocycles. The number of hydrogen-bond acceptors (Lipinski definition) is 5. The Labute approximate surface area is 162 Å². The van der Waals surface area contributed by atoms with Crippen molar-refractivity contribution in [1.29, 1.82) is 0 Å². The highest BCUT2D eigenvalue weighted by atomic mass is 16.5. The molecule has 2 heterocycles. The van der Waals surface area contributed by atoms with Gasteiger partial charge in [-0.15, -0.1) is 0 Å². The number of benzene rings is 1. The Morgan fingerprint density at radius 3 is 2.74 bits per heavy atom. The largest absolute Gasteiger partial charge is 0.493 e. The van der Waals surface area contributed by atoms with Crippen LogP contribution in [0.1, 0.15) is 45.1 Å². The van der Waals surface area contributed by atoms with E-state index in [9.17, 15) is 4.79 Å². The monoisotopic (exact) mass is 376 g/mol. The molecule has 2 saturated heterocycles. The maximum atomic E-state index is 11.1. The molecule has 1 aromatic carbocycles. The van der Waals surface area contributed by atoms with Crippen molar-refractivity contribution < 1.29 is 19.0 Å². The van der Waals surface area contributed by atoms with Crippen molar-refractivity contribution in [2.24, 2.45) is 0 Å². The molecule has 0 radical (unpaired) electrons. The molecular weight excluding hydrogens is 344 g/mol. The molecule has 1 amide bonds. The molecule has 6 nitrogen and oxygen atoms in total. The van der Waals surface area contributed by atoms with Crippen LogP contribution in [0.3, 0.4) is 0 Å². The van der Waals surface area contributed by atoms with Gasteiger partial charge in [0, 0.05) is 33.1 Å². The second kappa shape index (κ2) is 8.93. The van der Waals surface area contributed by atoms with Crippen molar-refractivity contribution in [2.45, 2.75) is 57.8 Å². The van der Waals surface area contributed by atoms with E-state index in [1.807, 2.05) is 13.0 Å². The van der Waals surface area contributed by atoms with Gasteiger partial charge in [-0.3, -0.25) is 9.69 Å². The zero-order valence-electron chi connectivity index (χ0n) is 16.8. The van der Waals surface area contributed by atoms with Crippen LogP contribution in [-0.2, 0) is 16.1 Å². The van der Waals surface area contributed by atoms with Crippen molar-refractivity contribution >= 4 is 5.91 Å². The lowest BCUT2D eigenvalue weighted by Gasteiger charge is -2.39. The van der Waals surface area contributed by atoms with E-state index in [1.54, 1.807) is 14.0 Å². The Bertz CT molecular complexity index is 641. The molecule has 0 unspecified atom stereocenters. The number of carbonyl (C=O) groups excluding carboxylic acids is 1. The maximum Gasteiger partial charge on any atom is 0.216 e. The van der Waals surface area contributed by atoms with Gasteiger partial charge in [0.2, 0.25) is 5.91 Å². The molecule has 1 spiro atoms. The molecule has 2 aliphatic heterocycles. The normalized spacial score (nSPS) is 22.0. The minimum absolute atomic E-state index is 0.00995. The number of rotatable bonds is 7. The van der Waals surface area contributed by atoms with Crippen LogP contribution in [-0.4, -0.2) is 55.9 Å². The summed E-state index contributed by atoms with van der Waals surface area (Å²) in [6, 6.07) is 6.18. The van der Waals surface area contributed by atoms with Gasteiger partial charge < -0.3 is 19.5 Å². The Morgan fingerprint density at radius 1 is 1.30 bits per heavy atom. The Hall–Kier alpha value is -1.79. The number of likely N-dealkylation sites (tertiary alicyclic amines) is 1. The van der Waals surface area contributed by atoms with Crippen molar-refractivity contribution in [2.75, 3.05) is 33.4 Å². The summed E-state index contributed by atoms with van der Waals surface area (Å²) in [6.45, 7) is 7.77. The van der Waals surface area contributed by atoms with Gasteiger partial charge in [0.15, 0.2) is 11.5 Å². The topological polar surface area (TPSA) is 60.0 Å². The standard InChI is InChI=1S/C21H32N2O4/c1-4-26-20-13-17(5-6-19(20)25-3)15-23-11-9-21(10-12-23)8-7-18(27-21)14-22-16(2)24/h5-6,13,18H,4,7-12,14-15H2,1-3H3,(H,22,24)/t18-/m1/s1. The molecule has 150 valence electrons. The average molecular weight is 376 g/mol. The zero-order chi connectivity index (χ0) is 19.3. The fourth-order valence-corrected chi connectivity index (χ4v) is 4.13. The van der Waals surface area contributed by atoms with Crippen molar-refractivity contribution in [3.8, 4) is 11.5 Å². The predicted molar refractivity (Wildman–Crippen MR) is 104 cm³/mol. The van der Waals surface area contributed by atoms with Gasteiger partial charge in [0.05, 0.1) is 25.4 Å². The van der Waals surface area contributed by atoms with E-state index in [0.717, 1.165) is 56.8 Å². The summed E-state index contributed by atoms with van der Waals surface area (Å²) < 4.78 is 17.4. The number of nitrogens with zero attached hydrogens (tertiary/aromatic N) is 1. The summed E-state index contributed by atoms with van der Waals surface area (Å²) >= 11 is 0. The summed E-state index contributed by atoms with van der Waals surface area (Å²) in [5.74, 6) is 1.61. The van der Waals surface area contributed by atoms with Crippen LogP contribution in [0.2, 0.25) is 0 Å². The second-order valence-electron chi connectivity index (χ2n) is 7.59. The van der Waals surface area contributed by atoms with E-state index in [-0.39, 0.29) is 17.6 Å². The Kier molecular flexibility index (Phi) is 6.60. The molecule has 0 aromatic heterocycles. The summed E-state index contributed by atoms with van der Waals surface area (Å²) in [5, 5.41) is 2.88. The number of ether oxygens (including phenoxy) is 3. The van der Waals surface area contributed by atoms with Gasteiger partial charge in [-0.25, -0.2) is 0 Å². The maximum absolute atomic E-state index is 11.1. The lowest BCUT2D eigenvalue weighted by molar-refractivity contribution is -0.120. The lowest BCUT2D eigenvalue weighted by atomic mass is 9.88. The van der Waals surface area contributed by atoms with Crippen LogP contribution in [0.5, 0.6) is 11.5 Å². The molecule has 1 atom stereocenters. The Morgan fingerprint density at radius 2 is 2.07 bits per heavy atom. The summed E-state index contributed by atoms with van der Waals surface area (Å²) in [4.78, 5) is 13.6. The molecule has 0 saturated carbocycles. The molecule has 1 aromatic rings. The van der Waals surface area contributed by atoms with E-state index in [1.165, 1.54) is 5.56 Å². The fraction of sp³-hybridized carbons (Fsp3) is 0.667. The third kappa shape index (κ3) is 5.14. The van der Waals surface area contributed by atoms with Gasteiger partial charge in [0.1, 0.15) is 0 Å². The molecule has 0 bridgehead atoms. The third-order valence-electron chi connectivity index (χ3n) is 5.62. The molecule has 27 heavy (non-hydrogen) atoms. The average Bonchev–Trinajstić information content (AvgIpc) is 3.06. The van der Waals surface area contributed by atoms with Gasteiger partial charge in [-0.1, -0.05) is 6.07 Å². The number of amides is 1. The number of nitrogens with one attached hydrogen (secondary N) is 1. The van der Waals surface area contributed by atoms with E-state index >= 15 is 0 Å². The summed E-state index contributed by atoms with van der Waals surface area (Å²) in [7, 11) is 1.67. The lowest BCUT2D eigenvalue weighted by Crippen LogP contribution is -2.44. The van der Waals surface area contributed by atoms with Crippen LogP contribution in [0.4, 0.5) is 0 Å². The van der Waals surface area contributed by atoms with Gasteiger partial charge >= 0.3 is 0 Å². The van der Waals surface area contributed by atoms with E-state index in [0.29, 0.717) is 13.2 Å². The third-order valence-corrected chi connectivity index (χ3v) is 5.62. The van der Waals surface area contributed by atoms with E-state index in [2.05, 4.69) is 22.3 Å². The van der Waals surface area contributed by atoms with E-state index in [4.69, 9.17) is 14.2 Å². The smallest absolute Gasteiger partial charge is 0.216 e. The molecule has 1 N–H and O–H groups in total. The number of piperidine rings is 1. The van der Waals surface area contributed by atoms with Gasteiger partial charge in [0.25, 0.3) is 0 Å². The number of carbonyl (C=O) groups is 1. The van der Waals surface area contributed by atoms with Crippen LogP contribution in [0, 0.1) is 0 Å². The van der Waals surface area contributed by atoms with Crippen LogP contribution in [0.25, 0.3) is 0 Å². The summed E-state index contributed by atoms with van der Waals surface area (Å²) in [6.07, 6.45) is 4.41. The second-order valence-corrected chi connectivity index (χ2v) is 7.59. The first-order chi connectivity index (χ1) is 13.0. The van der Waals surface area contributed by atoms with Crippen molar-refractivity contribution in [3.63, 3.8) is 0 Å². The highest BCUT2D eigenvalue weighted by Gasteiger charge is 2.42. The summed E-state index contributed by atoms with van der Waals surface area (Å²) in [5.41, 5.74) is 1.25. The first kappa shape index (κ1) is 20.0. The van der Waals surface area contributed by atoms with Gasteiger partial charge in [-0.05, 0) is 50.3 Å². The molecule has 3 rings (SSSR count). The minimum Gasteiger partial charge on any atom is -0.493 e. The predicted octanol–water partition coefficient (Wildman–Crippen LogP) is 2.74. The molecule has 6 heteroatoms. The molecule has 2 fully saturated rings. The number of methoxy groups -OCH3 is 1. The van der Waals surface area contributed by atoms with Crippen molar-refractivity contribution in [1.82, 2.24) is 10.2 Å². The highest BCUT2D eigenvalue weighted by Crippen LogP contribution is 2.39. The van der Waals surface area contributed by atoms with Crippen LogP contribution in [0.15, 0.2) is 18.2 Å². The van der Waals surface area contributed by atoms with Gasteiger partial charge in [-0.2, -0.15) is 0 Å². The number of hydrogen-bond donors (Lipinski definition) is 1. The van der Waals surface area contributed by atoms with E-state index < -0.39 is 0 Å². The molecule has 2 aliphatic rings. The van der Waals surface area contributed by atoms with Crippen LogP contribution >= 0.6 is 0 Å². The zero-order valence-corrected chi connectivity index (χ0v) is 16.8. The SMILES string of the molecule is CCOc1cc(CN2CCC3(CC[C@H](CNC(C)=O)O3)CC2)ccc1OC. The first-order valence-electron chi connectivity index (χ1n) is 9.98. The molecular formula is C21H32N2O4. The minimum atomic E-state index is 0.00995. The quantitative estimate of drug-likeness (QED) is 0.793.